The van der Waals surface area contributed by atoms with Crippen LogP contribution in [0.1, 0.15) is 0 Å². The molecule has 2 aromatic rings. The highest BCUT2D eigenvalue weighted by molar-refractivity contribution is 5.59. The van der Waals surface area contributed by atoms with Crippen molar-refractivity contribution in [1.82, 2.24) is 15.0 Å². The minimum atomic E-state index is 0.739. The van der Waals surface area contributed by atoms with Gasteiger partial charge < -0.3 is 9.64 Å². The van der Waals surface area contributed by atoms with E-state index in [0.29, 0.717) is 0 Å². The molecule has 0 N–H and O–H groups in total. The molecule has 0 radical (unpaired) electrons. The van der Waals surface area contributed by atoms with E-state index < -0.39 is 0 Å². The average Bonchev–Trinajstić information content (AvgIpc) is 2.49. The summed E-state index contributed by atoms with van der Waals surface area (Å²) in [5.41, 5.74) is 1.98. The van der Waals surface area contributed by atoms with Gasteiger partial charge in [0.15, 0.2) is 0 Å². The Balaban J connectivity index is 1.89. The largest absolute Gasteiger partial charge is 0.378 e. The molecule has 0 bridgehead atoms. The lowest BCUT2D eigenvalue weighted by Crippen LogP contribution is -2.37. The maximum absolute atomic E-state index is 5.33. The lowest BCUT2D eigenvalue weighted by atomic mass is 10.2. The lowest BCUT2D eigenvalue weighted by molar-refractivity contribution is 0.122. The molecule has 0 spiro atoms. The highest BCUT2D eigenvalue weighted by Gasteiger charge is 2.14. The zero-order chi connectivity index (χ0) is 12.2. The second-order valence-electron chi connectivity index (χ2n) is 4.08. The fraction of sp³-hybridized carbons (Fsp3) is 0.308. The molecule has 92 valence electrons. The van der Waals surface area contributed by atoms with Crippen LogP contribution in [0.5, 0.6) is 0 Å². The smallest absolute Gasteiger partial charge is 0.226 e. The quantitative estimate of drug-likeness (QED) is 0.796. The third-order valence-electron chi connectivity index (χ3n) is 2.91. The van der Waals surface area contributed by atoms with Gasteiger partial charge >= 0.3 is 0 Å². The van der Waals surface area contributed by atoms with Crippen molar-refractivity contribution >= 4 is 5.95 Å². The van der Waals surface area contributed by atoms with E-state index in [0.717, 1.165) is 43.5 Å². The maximum atomic E-state index is 5.33. The first-order valence-corrected chi connectivity index (χ1v) is 5.99. The Kier molecular flexibility index (Phi) is 3.14. The van der Waals surface area contributed by atoms with Crippen molar-refractivity contribution in [3.05, 3.63) is 36.8 Å². The van der Waals surface area contributed by atoms with E-state index in [9.17, 15) is 0 Å². The van der Waals surface area contributed by atoms with Crippen molar-refractivity contribution in [3.8, 4) is 11.3 Å². The number of hydrogen-bond acceptors (Lipinski definition) is 5. The Bertz CT molecular complexity index is 511. The number of pyridine rings is 1. The Morgan fingerprint density at radius 1 is 1.00 bits per heavy atom. The summed E-state index contributed by atoms with van der Waals surface area (Å²) in [7, 11) is 0. The molecule has 3 heterocycles. The van der Waals surface area contributed by atoms with E-state index in [1.54, 1.807) is 18.6 Å². The number of morpholine rings is 1. The molecule has 3 rings (SSSR count). The summed E-state index contributed by atoms with van der Waals surface area (Å²) in [5, 5.41) is 0. The van der Waals surface area contributed by atoms with Crippen molar-refractivity contribution in [2.24, 2.45) is 0 Å². The monoisotopic (exact) mass is 242 g/mol. The summed E-state index contributed by atoms with van der Waals surface area (Å²) in [5.74, 6) is 0.771. The van der Waals surface area contributed by atoms with E-state index in [-0.39, 0.29) is 0 Å². The normalized spacial score (nSPS) is 15.7. The van der Waals surface area contributed by atoms with Gasteiger partial charge in [0.1, 0.15) is 0 Å². The van der Waals surface area contributed by atoms with Gasteiger partial charge in [0.2, 0.25) is 5.95 Å². The molecule has 5 heteroatoms. The first kappa shape index (κ1) is 11.1. The first-order valence-electron chi connectivity index (χ1n) is 5.99. The molecular weight excluding hydrogens is 228 g/mol. The number of nitrogens with zero attached hydrogens (tertiary/aromatic N) is 4. The molecule has 18 heavy (non-hydrogen) atoms. The summed E-state index contributed by atoms with van der Waals surface area (Å²) in [4.78, 5) is 15.1. The molecule has 0 aromatic carbocycles. The Hall–Kier alpha value is -2.01. The van der Waals surface area contributed by atoms with Crippen molar-refractivity contribution in [2.45, 2.75) is 0 Å². The van der Waals surface area contributed by atoms with E-state index >= 15 is 0 Å². The van der Waals surface area contributed by atoms with Gasteiger partial charge in [-0.1, -0.05) is 0 Å². The summed E-state index contributed by atoms with van der Waals surface area (Å²) >= 11 is 0. The summed E-state index contributed by atoms with van der Waals surface area (Å²) in [6.07, 6.45) is 5.34. The van der Waals surface area contributed by atoms with Crippen LogP contribution in [0.3, 0.4) is 0 Å². The maximum Gasteiger partial charge on any atom is 0.226 e. The van der Waals surface area contributed by atoms with Gasteiger partial charge in [-0.05, 0) is 18.2 Å². The Morgan fingerprint density at radius 3 is 2.56 bits per heavy atom. The third kappa shape index (κ3) is 2.31. The number of rotatable bonds is 2. The minimum absolute atomic E-state index is 0.739. The van der Waals surface area contributed by atoms with Crippen molar-refractivity contribution in [1.29, 1.82) is 0 Å². The van der Waals surface area contributed by atoms with E-state index in [1.165, 1.54) is 0 Å². The predicted molar refractivity (Wildman–Crippen MR) is 68.3 cm³/mol. The van der Waals surface area contributed by atoms with Crippen LogP contribution in [0, 0.1) is 0 Å². The SMILES string of the molecule is c1cc(-c2ccnc(N3CCOCC3)n2)ccn1. The van der Waals surface area contributed by atoms with Crippen LogP contribution in [0.2, 0.25) is 0 Å². The third-order valence-corrected chi connectivity index (χ3v) is 2.91. The first-order chi connectivity index (χ1) is 8.93. The molecule has 1 saturated heterocycles. The van der Waals surface area contributed by atoms with Gasteiger partial charge in [-0.2, -0.15) is 0 Å². The average molecular weight is 242 g/mol. The van der Waals surface area contributed by atoms with Crippen molar-refractivity contribution in [3.63, 3.8) is 0 Å². The fourth-order valence-corrected chi connectivity index (χ4v) is 1.95. The molecule has 0 amide bonds. The minimum Gasteiger partial charge on any atom is -0.378 e. The van der Waals surface area contributed by atoms with Gasteiger partial charge in [-0.25, -0.2) is 9.97 Å². The second kappa shape index (κ2) is 5.10. The highest BCUT2D eigenvalue weighted by atomic mass is 16.5. The van der Waals surface area contributed by atoms with Crippen LogP contribution in [0.15, 0.2) is 36.8 Å². The van der Waals surface area contributed by atoms with Crippen LogP contribution in [-0.2, 0) is 4.74 Å². The van der Waals surface area contributed by atoms with Gasteiger partial charge in [0.05, 0.1) is 18.9 Å². The molecule has 5 nitrogen and oxygen atoms in total. The highest BCUT2D eigenvalue weighted by Crippen LogP contribution is 2.18. The molecule has 1 aliphatic heterocycles. The van der Waals surface area contributed by atoms with Gasteiger partial charge in [0, 0.05) is 37.2 Å². The van der Waals surface area contributed by atoms with E-state index in [1.807, 2.05) is 18.2 Å². The van der Waals surface area contributed by atoms with Crippen LogP contribution in [0.25, 0.3) is 11.3 Å². The number of hydrogen-bond donors (Lipinski definition) is 0. The van der Waals surface area contributed by atoms with Crippen molar-refractivity contribution < 1.29 is 4.74 Å². The summed E-state index contributed by atoms with van der Waals surface area (Å²) in [6.45, 7) is 3.17. The molecule has 0 unspecified atom stereocenters. The molecular formula is C13H14N4O. The standard InChI is InChI=1S/C13H14N4O/c1-4-14-5-2-11(1)12-3-6-15-13(16-12)17-7-9-18-10-8-17/h1-6H,7-10H2. The number of anilines is 1. The summed E-state index contributed by atoms with van der Waals surface area (Å²) in [6, 6.07) is 5.82. The molecule has 2 aromatic heterocycles. The van der Waals surface area contributed by atoms with Crippen LogP contribution >= 0.6 is 0 Å². The fourth-order valence-electron chi connectivity index (χ4n) is 1.95. The topological polar surface area (TPSA) is 51.1 Å². The molecule has 0 saturated carbocycles. The predicted octanol–water partition coefficient (Wildman–Crippen LogP) is 1.38. The van der Waals surface area contributed by atoms with E-state index in [2.05, 4.69) is 19.9 Å². The second-order valence-corrected chi connectivity index (χ2v) is 4.08. The zero-order valence-electron chi connectivity index (χ0n) is 9.99. The van der Waals surface area contributed by atoms with Crippen LogP contribution in [0.4, 0.5) is 5.95 Å². The Morgan fingerprint density at radius 2 is 1.78 bits per heavy atom. The Labute approximate surface area is 105 Å². The molecule has 0 atom stereocenters. The van der Waals surface area contributed by atoms with E-state index in [4.69, 9.17) is 4.74 Å². The van der Waals surface area contributed by atoms with Gasteiger partial charge in [-0.15, -0.1) is 0 Å². The zero-order valence-corrected chi connectivity index (χ0v) is 9.99. The van der Waals surface area contributed by atoms with Gasteiger partial charge in [0.25, 0.3) is 0 Å². The molecule has 1 fully saturated rings. The van der Waals surface area contributed by atoms with Gasteiger partial charge in [-0.3, -0.25) is 4.98 Å². The summed E-state index contributed by atoms with van der Waals surface area (Å²) < 4.78 is 5.33. The van der Waals surface area contributed by atoms with Crippen LogP contribution in [-0.4, -0.2) is 41.3 Å². The number of aromatic nitrogens is 3. The van der Waals surface area contributed by atoms with Crippen LogP contribution < -0.4 is 4.90 Å². The molecule has 1 aliphatic rings. The lowest BCUT2D eigenvalue weighted by Gasteiger charge is -2.26. The van der Waals surface area contributed by atoms with Crippen molar-refractivity contribution in [2.75, 3.05) is 31.2 Å². The number of ether oxygens (including phenoxy) is 1. The molecule has 0 aliphatic carbocycles.